The second-order valence-electron chi connectivity index (χ2n) is 5.35. The summed E-state index contributed by atoms with van der Waals surface area (Å²) >= 11 is 0. The number of aliphatic hydroxyl groups excluding tert-OH is 1. The number of nitrogens with one attached hydrogen (secondary N) is 1. The summed E-state index contributed by atoms with van der Waals surface area (Å²) in [5.74, 6) is 0.842. The summed E-state index contributed by atoms with van der Waals surface area (Å²) in [6, 6.07) is 0.674. The first-order valence-electron chi connectivity index (χ1n) is 6.60. The van der Waals surface area contributed by atoms with Gasteiger partial charge < -0.3 is 10.4 Å². The predicted octanol–water partition coefficient (Wildman–Crippen LogP) is 2.71. The molecule has 2 N–H and O–H groups in total. The van der Waals surface area contributed by atoms with E-state index in [9.17, 15) is 5.11 Å². The topological polar surface area (TPSA) is 32.3 Å². The van der Waals surface area contributed by atoms with Gasteiger partial charge in [0.1, 0.15) is 0 Å². The monoisotopic (exact) mass is 213 g/mol. The van der Waals surface area contributed by atoms with Gasteiger partial charge in [0.15, 0.2) is 0 Å². The third kappa shape index (κ3) is 6.16. The zero-order valence-corrected chi connectivity index (χ0v) is 10.3. The third-order valence-electron chi connectivity index (χ3n) is 3.34. The first kappa shape index (κ1) is 13.0. The summed E-state index contributed by atoms with van der Waals surface area (Å²) < 4.78 is 0. The Bertz CT molecular complexity index is 151. The number of rotatable bonds is 6. The van der Waals surface area contributed by atoms with Crippen LogP contribution in [0.3, 0.4) is 0 Å². The summed E-state index contributed by atoms with van der Waals surface area (Å²) in [7, 11) is 0. The fourth-order valence-electron chi connectivity index (χ4n) is 2.26. The van der Waals surface area contributed by atoms with Crippen molar-refractivity contribution in [2.45, 2.75) is 70.9 Å². The minimum atomic E-state index is -0.0241. The fraction of sp³-hybridized carbons (Fsp3) is 1.00. The van der Waals surface area contributed by atoms with E-state index >= 15 is 0 Å². The Morgan fingerprint density at radius 3 is 2.40 bits per heavy atom. The van der Waals surface area contributed by atoms with Crippen molar-refractivity contribution >= 4 is 0 Å². The van der Waals surface area contributed by atoms with Crippen molar-refractivity contribution in [1.29, 1.82) is 0 Å². The zero-order chi connectivity index (χ0) is 11.1. The molecule has 0 amide bonds. The summed E-state index contributed by atoms with van der Waals surface area (Å²) in [6.45, 7) is 5.74. The van der Waals surface area contributed by atoms with E-state index in [1.807, 2.05) is 0 Å². The maximum atomic E-state index is 9.37. The van der Waals surface area contributed by atoms with Crippen LogP contribution < -0.4 is 5.32 Å². The van der Waals surface area contributed by atoms with Gasteiger partial charge in [-0.3, -0.25) is 0 Å². The lowest BCUT2D eigenvalue weighted by molar-refractivity contribution is 0.116. The molecule has 90 valence electrons. The van der Waals surface area contributed by atoms with Crippen molar-refractivity contribution in [2.24, 2.45) is 5.92 Å². The van der Waals surface area contributed by atoms with Crippen LogP contribution in [0.15, 0.2) is 0 Å². The van der Waals surface area contributed by atoms with Gasteiger partial charge in [-0.05, 0) is 44.6 Å². The quantitative estimate of drug-likeness (QED) is 0.665. The number of unbranched alkanes of at least 4 members (excludes halogenated alkanes) is 1. The molecule has 0 radical (unpaired) electrons. The average Bonchev–Trinajstić information content (AvgIpc) is 2.20. The second kappa shape index (κ2) is 7.24. The van der Waals surface area contributed by atoms with Crippen molar-refractivity contribution in [3.63, 3.8) is 0 Å². The Labute approximate surface area is 94.5 Å². The zero-order valence-electron chi connectivity index (χ0n) is 10.3. The molecule has 1 saturated carbocycles. The van der Waals surface area contributed by atoms with Crippen molar-refractivity contribution in [2.75, 3.05) is 6.54 Å². The van der Waals surface area contributed by atoms with Gasteiger partial charge in [-0.2, -0.15) is 0 Å². The maximum Gasteiger partial charge on any atom is 0.0541 e. The van der Waals surface area contributed by atoms with E-state index in [1.54, 1.807) is 0 Å². The van der Waals surface area contributed by atoms with E-state index in [1.165, 1.54) is 19.3 Å². The van der Waals surface area contributed by atoms with Crippen LogP contribution in [0.4, 0.5) is 0 Å². The van der Waals surface area contributed by atoms with Crippen LogP contribution in [0, 0.1) is 5.92 Å². The molecule has 0 aliphatic heterocycles. The van der Waals surface area contributed by atoms with E-state index in [0.29, 0.717) is 6.04 Å². The van der Waals surface area contributed by atoms with Crippen LogP contribution in [0.1, 0.15) is 58.8 Å². The standard InChI is InChI=1S/C13H27NO/c1-11(2)5-3-4-10-14-12-6-8-13(15)9-7-12/h11-15H,3-10H2,1-2H3. The van der Waals surface area contributed by atoms with Gasteiger partial charge in [0.25, 0.3) is 0 Å². The van der Waals surface area contributed by atoms with Gasteiger partial charge >= 0.3 is 0 Å². The van der Waals surface area contributed by atoms with E-state index in [0.717, 1.165) is 38.1 Å². The normalized spacial score (nSPS) is 27.2. The van der Waals surface area contributed by atoms with E-state index in [2.05, 4.69) is 19.2 Å². The molecule has 2 heteroatoms. The van der Waals surface area contributed by atoms with E-state index < -0.39 is 0 Å². The van der Waals surface area contributed by atoms with Gasteiger partial charge in [0.05, 0.1) is 6.10 Å². The molecule has 1 rings (SSSR count). The highest BCUT2D eigenvalue weighted by Crippen LogP contribution is 2.18. The van der Waals surface area contributed by atoms with Crippen LogP contribution in [0.5, 0.6) is 0 Å². The van der Waals surface area contributed by atoms with Crippen molar-refractivity contribution in [1.82, 2.24) is 5.32 Å². The Hall–Kier alpha value is -0.0800. The van der Waals surface area contributed by atoms with Crippen LogP contribution in [0.25, 0.3) is 0 Å². The summed E-state index contributed by atoms with van der Waals surface area (Å²) in [5, 5.41) is 13.0. The Balaban J connectivity index is 1.91. The lowest BCUT2D eigenvalue weighted by Crippen LogP contribution is -2.35. The highest BCUT2D eigenvalue weighted by atomic mass is 16.3. The van der Waals surface area contributed by atoms with Crippen molar-refractivity contribution < 1.29 is 5.11 Å². The van der Waals surface area contributed by atoms with Crippen LogP contribution >= 0.6 is 0 Å². The van der Waals surface area contributed by atoms with Crippen LogP contribution in [-0.4, -0.2) is 23.8 Å². The molecule has 0 spiro atoms. The molecule has 0 aromatic heterocycles. The molecule has 1 fully saturated rings. The predicted molar refractivity (Wildman–Crippen MR) is 65.0 cm³/mol. The van der Waals surface area contributed by atoms with Crippen molar-refractivity contribution in [3.05, 3.63) is 0 Å². The SMILES string of the molecule is CC(C)CCCCNC1CCC(O)CC1. The molecule has 0 atom stereocenters. The minimum absolute atomic E-state index is 0.0241. The van der Waals surface area contributed by atoms with Gasteiger partial charge in [0.2, 0.25) is 0 Å². The number of hydrogen-bond acceptors (Lipinski definition) is 2. The summed E-state index contributed by atoms with van der Waals surface area (Å²) in [5.41, 5.74) is 0. The van der Waals surface area contributed by atoms with Gasteiger partial charge in [-0.25, -0.2) is 0 Å². The van der Waals surface area contributed by atoms with Crippen LogP contribution in [0.2, 0.25) is 0 Å². The molecule has 0 bridgehead atoms. The lowest BCUT2D eigenvalue weighted by Gasteiger charge is -2.26. The van der Waals surface area contributed by atoms with Crippen molar-refractivity contribution in [3.8, 4) is 0 Å². The molecule has 0 unspecified atom stereocenters. The largest absolute Gasteiger partial charge is 0.393 e. The molecule has 0 aromatic rings. The molecule has 0 saturated heterocycles. The van der Waals surface area contributed by atoms with Gasteiger partial charge in [0, 0.05) is 6.04 Å². The second-order valence-corrected chi connectivity index (χ2v) is 5.35. The molecule has 2 nitrogen and oxygen atoms in total. The molecule has 1 aliphatic rings. The third-order valence-corrected chi connectivity index (χ3v) is 3.34. The summed E-state index contributed by atoms with van der Waals surface area (Å²) in [6.07, 6.45) is 8.27. The highest BCUT2D eigenvalue weighted by Gasteiger charge is 2.18. The number of aliphatic hydroxyl groups is 1. The van der Waals surface area contributed by atoms with E-state index in [-0.39, 0.29) is 6.10 Å². The maximum absolute atomic E-state index is 9.37. The molecular weight excluding hydrogens is 186 g/mol. The Kier molecular flexibility index (Phi) is 6.26. The minimum Gasteiger partial charge on any atom is -0.393 e. The van der Waals surface area contributed by atoms with Gasteiger partial charge in [-0.15, -0.1) is 0 Å². The molecule has 15 heavy (non-hydrogen) atoms. The Morgan fingerprint density at radius 1 is 1.13 bits per heavy atom. The van der Waals surface area contributed by atoms with E-state index in [4.69, 9.17) is 0 Å². The average molecular weight is 213 g/mol. The summed E-state index contributed by atoms with van der Waals surface area (Å²) in [4.78, 5) is 0. The number of hydrogen-bond donors (Lipinski definition) is 2. The van der Waals surface area contributed by atoms with Gasteiger partial charge in [-0.1, -0.05) is 26.7 Å². The smallest absolute Gasteiger partial charge is 0.0541 e. The molecule has 1 aliphatic carbocycles. The molecule has 0 aromatic carbocycles. The van der Waals surface area contributed by atoms with Crippen LogP contribution in [-0.2, 0) is 0 Å². The molecular formula is C13H27NO. The first-order valence-corrected chi connectivity index (χ1v) is 6.60. The fourth-order valence-corrected chi connectivity index (χ4v) is 2.26. The molecule has 0 heterocycles. The lowest BCUT2D eigenvalue weighted by atomic mass is 9.93. The highest BCUT2D eigenvalue weighted by molar-refractivity contribution is 4.76. The first-order chi connectivity index (χ1) is 7.18. The Morgan fingerprint density at radius 2 is 1.80 bits per heavy atom.